The third kappa shape index (κ3) is 2.57. The Hall–Kier alpha value is -0.540. The predicted molar refractivity (Wildman–Crippen MR) is 80.2 cm³/mol. The molecule has 1 heterocycles. The van der Waals surface area contributed by atoms with Gasteiger partial charge in [0.05, 0.1) is 0 Å². The van der Waals surface area contributed by atoms with E-state index in [1.807, 2.05) is 0 Å². The first-order valence-electron chi connectivity index (χ1n) is 7.03. The lowest BCUT2D eigenvalue weighted by atomic mass is 9.97. The van der Waals surface area contributed by atoms with E-state index in [1.54, 1.807) is 0 Å². The largest absolute Gasteiger partial charge is 0.370 e. The van der Waals surface area contributed by atoms with Crippen LogP contribution in [0.4, 0.5) is 5.69 Å². The highest BCUT2D eigenvalue weighted by Crippen LogP contribution is 2.33. The third-order valence-corrected chi connectivity index (χ3v) is 4.83. The van der Waals surface area contributed by atoms with E-state index in [1.165, 1.54) is 61.9 Å². The van der Waals surface area contributed by atoms with Gasteiger partial charge in [-0.25, -0.2) is 0 Å². The molecule has 1 saturated carbocycles. The Kier molecular flexibility index (Phi) is 3.62. The summed E-state index contributed by atoms with van der Waals surface area (Å²) in [5, 5.41) is 3.82. The molecule has 0 radical (unpaired) electrons. The van der Waals surface area contributed by atoms with Gasteiger partial charge in [-0.05, 0) is 44.0 Å². The Balaban J connectivity index is 1.82. The second-order valence-electron chi connectivity index (χ2n) is 5.67. The summed E-state index contributed by atoms with van der Waals surface area (Å²) in [6, 6.07) is 8.72. The van der Waals surface area contributed by atoms with Crippen LogP contribution in [0.5, 0.6) is 0 Å². The van der Waals surface area contributed by atoms with Crippen LogP contribution in [0.25, 0.3) is 0 Å². The number of hydrogen-bond donors (Lipinski definition) is 1. The van der Waals surface area contributed by atoms with Gasteiger partial charge in [-0.15, -0.1) is 0 Å². The fourth-order valence-corrected chi connectivity index (χ4v) is 3.79. The minimum Gasteiger partial charge on any atom is -0.370 e. The lowest BCUT2D eigenvalue weighted by Crippen LogP contribution is -2.49. The molecule has 98 valence electrons. The molecule has 0 unspecified atom stereocenters. The number of benzene rings is 1. The van der Waals surface area contributed by atoms with E-state index < -0.39 is 0 Å². The standard InChI is InChI=1S/C15H21BrN2/c16-13-5-3-6-14(11-13)18-10-4-9-17-15(12-18)7-1-2-8-15/h3,5-6,11,17H,1-2,4,7-10,12H2. The average Bonchev–Trinajstić information content (AvgIpc) is 2.70. The quantitative estimate of drug-likeness (QED) is 0.853. The zero-order valence-corrected chi connectivity index (χ0v) is 12.4. The molecule has 0 aromatic heterocycles. The summed E-state index contributed by atoms with van der Waals surface area (Å²) < 4.78 is 1.18. The molecule has 0 amide bonds. The molecule has 1 aromatic carbocycles. The van der Waals surface area contributed by atoms with Crippen LogP contribution < -0.4 is 10.2 Å². The Morgan fingerprint density at radius 3 is 2.78 bits per heavy atom. The Morgan fingerprint density at radius 2 is 2.00 bits per heavy atom. The van der Waals surface area contributed by atoms with Crippen molar-refractivity contribution in [2.45, 2.75) is 37.6 Å². The summed E-state index contributed by atoms with van der Waals surface area (Å²) in [4.78, 5) is 2.57. The van der Waals surface area contributed by atoms with Gasteiger partial charge in [-0.2, -0.15) is 0 Å². The molecule has 18 heavy (non-hydrogen) atoms. The third-order valence-electron chi connectivity index (χ3n) is 4.33. The van der Waals surface area contributed by atoms with Crippen LogP contribution in [0.2, 0.25) is 0 Å². The highest BCUT2D eigenvalue weighted by molar-refractivity contribution is 9.10. The van der Waals surface area contributed by atoms with Crippen molar-refractivity contribution < 1.29 is 0 Å². The molecule has 1 saturated heterocycles. The smallest absolute Gasteiger partial charge is 0.0378 e. The van der Waals surface area contributed by atoms with Crippen molar-refractivity contribution in [1.82, 2.24) is 5.32 Å². The molecule has 1 N–H and O–H groups in total. The van der Waals surface area contributed by atoms with Gasteiger partial charge in [-0.1, -0.05) is 34.8 Å². The first kappa shape index (κ1) is 12.5. The highest BCUT2D eigenvalue weighted by Gasteiger charge is 2.36. The van der Waals surface area contributed by atoms with Crippen LogP contribution >= 0.6 is 15.9 Å². The molecule has 0 atom stereocenters. The summed E-state index contributed by atoms with van der Waals surface area (Å²) in [7, 11) is 0. The van der Waals surface area contributed by atoms with Gasteiger partial charge in [-0.3, -0.25) is 0 Å². The summed E-state index contributed by atoms with van der Waals surface area (Å²) in [5.41, 5.74) is 1.75. The van der Waals surface area contributed by atoms with Crippen molar-refractivity contribution in [1.29, 1.82) is 0 Å². The van der Waals surface area contributed by atoms with Gasteiger partial charge in [0.1, 0.15) is 0 Å². The molecule has 2 aliphatic rings. The molecule has 1 aliphatic heterocycles. The van der Waals surface area contributed by atoms with Crippen LogP contribution in [-0.4, -0.2) is 25.2 Å². The van der Waals surface area contributed by atoms with Gasteiger partial charge in [0.2, 0.25) is 0 Å². The lowest BCUT2D eigenvalue weighted by molar-refractivity contribution is 0.354. The maximum atomic E-state index is 3.82. The minimum atomic E-state index is 0.388. The summed E-state index contributed by atoms with van der Waals surface area (Å²) in [5.74, 6) is 0. The summed E-state index contributed by atoms with van der Waals surface area (Å²) in [6.45, 7) is 3.51. The van der Waals surface area contributed by atoms with Crippen LogP contribution in [0.3, 0.4) is 0 Å². The van der Waals surface area contributed by atoms with E-state index in [-0.39, 0.29) is 0 Å². The second kappa shape index (κ2) is 5.22. The molecule has 3 rings (SSSR count). The van der Waals surface area contributed by atoms with Gasteiger partial charge < -0.3 is 10.2 Å². The predicted octanol–water partition coefficient (Wildman–Crippen LogP) is 3.56. The second-order valence-corrected chi connectivity index (χ2v) is 6.58. The van der Waals surface area contributed by atoms with Gasteiger partial charge in [0, 0.05) is 28.8 Å². The van der Waals surface area contributed by atoms with Gasteiger partial charge >= 0.3 is 0 Å². The van der Waals surface area contributed by atoms with Gasteiger partial charge in [0.15, 0.2) is 0 Å². The van der Waals surface area contributed by atoms with E-state index >= 15 is 0 Å². The van der Waals surface area contributed by atoms with Crippen molar-refractivity contribution in [2.75, 3.05) is 24.5 Å². The fourth-order valence-electron chi connectivity index (χ4n) is 3.40. The van der Waals surface area contributed by atoms with Crippen molar-refractivity contribution in [3.63, 3.8) is 0 Å². The van der Waals surface area contributed by atoms with E-state index in [2.05, 4.69) is 50.4 Å². The van der Waals surface area contributed by atoms with Gasteiger partial charge in [0.25, 0.3) is 0 Å². The zero-order chi connectivity index (χ0) is 12.4. The first-order chi connectivity index (χ1) is 8.77. The molecular weight excluding hydrogens is 288 g/mol. The van der Waals surface area contributed by atoms with Crippen molar-refractivity contribution in [3.8, 4) is 0 Å². The topological polar surface area (TPSA) is 15.3 Å². The number of rotatable bonds is 1. The van der Waals surface area contributed by atoms with Crippen molar-refractivity contribution in [3.05, 3.63) is 28.7 Å². The molecule has 2 nitrogen and oxygen atoms in total. The number of nitrogens with zero attached hydrogens (tertiary/aromatic N) is 1. The Bertz CT molecular complexity index is 413. The number of halogens is 1. The molecular formula is C15H21BrN2. The maximum Gasteiger partial charge on any atom is 0.0378 e. The van der Waals surface area contributed by atoms with Crippen molar-refractivity contribution >= 4 is 21.6 Å². The number of hydrogen-bond acceptors (Lipinski definition) is 2. The number of anilines is 1. The molecule has 1 aromatic rings. The monoisotopic (exact) mass is 308 g/mol. The van der Waals surface area contributed by atoms with E-state index in [0.717, 1.165) is 0 Å². The molecule has 1 aliphatic carbocycles. The first-order valence-corrected chi connectivity index (χ1v) is 7.82. The maximum absolute atomic E-state index is 3.82. The molecule has 0 bridgehead atoms. The SMILES string of the molecule is Brc1cccc(N2CCCNC3(CCCC3)C2)c1. The Labute approximate surface area is 118 Å². The van der Waals surface area contributed by atoms with E-state index in [0.29, 0.717) is 5.54 Å². The van der Waals surface area contributed by atoms with E-state index in [9.17, 15) is 0 Å². The zero-order valence-electron chi connectivity index (χ0n) is 10.8. The van der Waals surface area contributed by atoms with Crippen LogP contribution in [0.15, 0.2) is 28.7 Å². The van der Waals surface area contributed by atoms with Crippen LogP contribution in [-0.2, 0) is 0 Å². The molecule has 1 spiro atoms. The van der Waals surface area contributed by atoms with Crippen LogP contribution in [0, 0.1) is 0 Å². The van der Waals surface area contributed by atoms with Crippen molar-refractivity contribution in [2.24, 2.45) is 0 Å². The number of nitrogens with one attached hydrogen (secondary N) is 1. The molecule has 3 heteroatoms. The molecule has 2 fully saturated rings. The minimum absolute atomic E-state index is 0.388. The van der Waals surface area contributed by atoms with Crippen LogP contribution in [0.1, 0.15) is 32.1 Å². The average molecular weight is 309 g/mol. The summed E-state index contributed by atoms with van der Waals surface area (Å²) in [6.07, 6.45) is 6.71. The lowest BCUT2D eigenvalue weighted by Gasteiger charge is -2.34. The highest BCUT2D eigenvalue weighted by atomic mass is 79.9. The summed E-state index contributed by atoms with van der Waals surface area (Å²) >= 11 is 3.58. The van der Waals surface area contributed by atoms with E-state index in [4.69, 9.17) is 0 Å². The normalized spacial score (nSPS) is 23.3. The Morgan fingerprint density at radius 1 is 1.17 bits per heavy atom. The fraction of sp³-hybridized carbons (Fsp3) is 0.600.